The lowest BCUT2D eigenvalue weighted by molar-refractivity contribution is 0.112. The molecule has 3 rings (SSSR count). The first-order chi connectivity index (χ1) is 10.2. The lowest BCUT2D eigenvalue weighted by Gasteiger charge is -1.96. The maximum Gasteiger partial charge on any atom is 0.231 e. The highest BCUT2D eigenvalue weighted by atomic mass is 35.5. The number of aromatic nitrogens is 2. The van der Waals surface area contributed by atoms with E-state index in [0.29, 0.717) is 28.7 Å². The second-order valence-electron chi connectivity index (χ2n) is 4.56. The molecule has 0 N–H and O–H groups in total. The predicted octanol–water partition coefficient (Wildman–Crippen LogP) is 3.79. The molecule has 0 atom stereocenters. The average molecular weight is 299 g/mol. The van der Waals surface area contributed by atoms with Crippen LogP contribution >= 0.6 is 11.6 Å². The molecular formula is C16H11ClN2O2. The van der Waals surface area contributed by atoms with Crippen LogP contribution in [0.25, 0.3) is 11.4 Å². The molecule has 0 bridgehead atoms. The Labute approximate surface area is 126 Å². The second kappa shape index (κ2) is 5.89. The van der Waals surface area contributed by atoms with Gasteiger partial charge in [0.15, 0.2) is 0 Å². The van der Waals surface area contributed by atoms with Crippen molar-refractivity contribution in [3.05, 3.63) is 70.6 Å². The fraction of sp³-hybridized carbons (Fsp3) is 0.0625. The van der Waals surface area contributed by atoms with Crippen molar-refractivity contribution in [1.82, 2.24) is 10.1 Å². The third-order valence-corrected chi connectivity index (χ3v) is 3.27. The van der Waals surface area contributed by atoms with Crippen LogP contribution in [0.2, 0.25) is 5.02 Å². The Kier molecular flexibility index (Phi) is 3.79. The Morgan fingerprint density at radius 1 is 1.14 bits per heavy atom. The summed E-state index contributed by atoms with van der Waals surface area (Å²) < 4.78 is 5.24. The Hall–Kier alpha value is -2.46. The lowest BCUT2D eigenvalue weighted by Crippen LogP contribution is -1.88. The van der Waals surface area contributed by atoms with Crippen LogP contribution in [0.3, 0.4) is 0 Å². The van der Waals surface area contributed by atoms with Gasteiger partial charge in [-0.25, -0.2) is 0 Å². The van der Waals surface area contributed by atoms with Crippen molar-refractivity contribution in [2.75, 3.05) is 0 Å². The van der Waals surface area contributed by atoms with Crippen molar-refractivity contribution in [1.29, 1.82) is 0 Å². The molecule has 4 nitrogen and oxygen atoms in total. The smallest absolute Gasteiger partial charge is 0.231 e. The standard InChI is InChI=1S/C16H11ClN2O2/c17-14-6-4-11(5-7-14)9-15-18-16(19-21-15)13-3-1-2-12(8-13)10-20/h1-8,10H,9H2. The van der Waals surface area contributed by atoms with Crippen LogP contribution in [0.15, 0.2) is 53.1 Å². The maximum absolute atomic E-state index is 10.8. The Balaban J connectivity index is 1.82. The highest BCUT2D eigenvalue weighted by Crippen LogP contribution is 2.18. The monoisotopic (exact) mass is 298 g/mol. The van der Waals surface area contributed by atoms with Gasteiger partial charge in [-0.1, -0.05) is 47.1 Å². The van der Waals surface area contributed by atoms with Crippen molar-refractivity contribution in [2.45, 2.75) is 6.42 Å². The van der Waals surface area contributed by atoms with E-state index in [2.05, 4.69) is 10.1 Å². The Morgan fingerprint density at radius 3 is 2.71 bits per heavy atom. The molecule has 1 heterocycles. The summed E-state index contributed by atoms with van der Waals surface area (Å²) in [6, 6.07) is 14.6. The van der Waals surface area contributed by atoms with E-state index in [4.69, 9.17) is 16.1 Å². The molecule has 2 aromatic carbocycles. The molecule has 0 aliphatic heterocycles. The molecule has 0 amide bonds. The minimum absolute atomic E-state index is 0.475. The van der Waals surface area contributed by atoms with E-state index in [-0.39, 0.29) is 0 Å². The highest BCUT2D eigenvalue weighted by Gasteiger charge is 2.09. The van der Waals surface area contributed by atoms with Crippen LogP contribution in [0.5, 0.6) is 0 Å². The van der Waals surface area contributed by atoms with Gasteiger partial charge in [-0.3, -0.25) is 4.79 Å². The van der Waals surface area contributed by atoms with E-state index >= 15 is 0 Å². The minimum Gasteiger partial charge on any atom is -0.339 e. The van der Waals surface area contributed by atoms with Crippen molar-refractivity contribution >= 4 is 17.9 Å². The molecule has 0 aliphatic carbocycles. The number of hydrogen-bond acceptors (Lipinski definition) is 4. The van der Waals surface area contributed by atoms with Crippen molar-refractivity contribution in [3.8, 4) is 11.4 Å². The number of benzene rings is 2. The number of rotatable bonds is 4. The van der Waals surface area contributed by atoms with Crippen LogP contribution in [-0.2, 0) is 6.42 Å². The molecule has 0 aliphatic rings. The van der Waals surface area contributed by atoms with Crippen molar-refractivity contribution in [3.63, 3.8) is 0 Å². The van der Waals surface area contributed by atoms with E-state index in [1.54, 1.807) is 18.2 Å². The van der Waals surface area contributed by atoms with E-state index < -0.39 is 0 Å². The summed E-state index contributed by atoms with van der Waals surface area (Å²) in [5, 5.41) is 4.64. The molecule has 0 saturated carbocycles. The van der Waals surface area contributed by atoms with Gasteiger partial charge in [-0.05, 0) is 23.8 Å². The molecule has 3 aromatic rings. The van der Waals surface area contributed by atoms with E-state index in [9.17, 15) is 4.79 Å². The van der Waals surface area contributed by atoms with Gasteiger partial charge in [0.05, 0.1) is 6.42 Å². The summed E-state index contributed by atoms with van der Waals surface area (Å²) in [6.07, 6.45) is 1.33. The number of aldehydes is 1. The SMILES string of the molecule is O=Cc1cccc(-c2noc(Cc3ccc(Cl)cc3)n2)c1. The fourth-order valence-corrected chi connectivity index (χ4v) is 2.10. The zero-order valence-corrected chi connectivity index (χ0v) is 11.7. The quantitative estimate of drug-likeness (QED) is 0.688. The van der Waals surface area contributed by atoms with Gasteiger partial charge >= 0.3 is 0 Å². The molecule has 5 heteroatoms. The van der Waals surface area contributed by atoms with Crippen molar-refractivity contribution in [2.24, 2.45) is 0 Å². The van der Waals surface area contributed by atoms with Gasteiger partial charge in [0.25, 0.3) is 0 Å². The topological polar surface area (TPSA) is 56.0 Å². The minimum atomic E-state index is 0.475. The highest BCUT2D eigenvalue weighted by molar-refractivity contribution is 6.30. The second-order valence-corrected chi connectivity index (χ2v) is 4.99. The summed E-state index contributed by atoms with van der Waals surface area (Å²) in [5.74, 6) is 0.992. The molecule has 0 unspecified atom stereocenters. The molecule has 104 valence electrons. The first kappa shape index (κ1) is 13.5. The predicted molar refractivity (Wildman–Crippen MR) is 79.4 cm³/mol. The number of halogens is 1. The average Bonchev–Trinajstić information content (AvgIpc) is 2.98. The van der Waals surface area contributed by atoms with Gasteiger partial charge in [0.1, 0.15) is 6.29 Å². The van der Waals surface area contributed by atoms with Crippen LogP contribution in [-0.4, -0.2) is 16.4 Å². The summed E-state index contributed by atoms with van der Waals surface area (Å²) in [7, 11) is 0. The molecule has 0 spiro atoms. The van der Waals surface area contributed by atoms with Crippen LogP contribution in [0, 0.1) is 0 Å². The van der Waals surface area contributed by atoms with Gasteiger partial charge < -0.3 is 4.52 Å². The summed E-state index contributed by atoms with van der Waals surface area (Å²) in [6.45, 7) is 0. The van der Waals surface area contributed by atoms with Gasteiger partial charge in [-0.15, -0.1) is 0 Å². The van der Waals surface area contributed by atoms with Gasteiger partial charge in [-0.2, -0.15) is 4.98 Å². The summed E-state index contributed by atoms with van der Waals surface area (Å²) in [5.41, 5.74) is 2.37. The van der Waals surface area contributed by atoms with E-state index in [0.717, 1.165) is 17.4 Å². The Bertz CT molecular complexity index is 766. The Morgan fingerprint density at radius 2 is 1.95 bits per heavy atom. The molecule has 0 saturated heterocycles. The summed E-state index contributed by atoms with van der Waals surface area (Å²) in [4.78, 5) is 15.1. The zero-order chi connectivity index (χ0) is 14.7. The first-order valence-electron chi connectivity index (χ1n) is 6.37. The van der Waals surface area contributed by atoms with Gasteiger partial charge in [0.2, 0.25) is 11.7 Å². The number of carbonyl (C=O) groups is 1. The van der Waals surface area contributed by atoms with Crippen molar-refractivity contribution < 1.29 is 9.32 Å². The van der Waals surface area contributed by atoms with E-state index in [1.165, 1.54) is 0 Å². The zero-order valence-electron chi connectivity index (χ0n) is 11.0. The lowest BCUT2D eigenvalue weighted by atomic mass is 10.1. The van der Waals surface area contributed by atoms with Crippen LogP contribution in [0.1, 0.15) is 21.8 Å². The van der Waals surface area contributed by atoms with E-state index in [1.807, 2.05) is 30.3 Å². The number of carbonyl (C=O) groups excluding carboxylic acids is 1. The number of hydrogen-bond donors (Lipinski definition) is 0. The normalized spacial score (nSPS) is 10.5. The molecule has 1 aromatic heterocycles. The molecule has 0 fully saturated rings. The maximum atomic E-state index is 10.8. The van der Waals surface area contributed by atoms with Gasteiger partial charge in [0, 0.05) is 16.1 Å². The fourth-order valence-electron chi connectivity index (χ4n) is 1.97. The first-order valence-corrected chi connectivity index (χ1v) is 6.75. The molecular weight excluding hydrogens is 288 g/mol. The third-order valence-electron chi connectivity index (χ3n) is 3.02. The molecule has 0 radical (unpaired) electrons. The third kappa shape index (κ3) is 3.17. The summed E-state index contributed by atoms with van der Waals surface area (Å²) >= 11 is 5.85. The number of nitrogens with zero attached hydrogens (tertiary/aromatic N) is 2. The largest absolute Gasteiger partial charge is 0.339 e. The molecule has 21 heavy (non-hydrogen) atoms. The van der Waals surface area contributed by atoms with Crippen LogP contribution < -0.4 is 0 Å². The van der Waals surface area contributed by atoms with Crippen LogP contribution in [0.4, 0.5) is 0 Å².